The summed E-state index contributed by atoms with van der Waals surface area (Å²) in [5.41, 5.74) is -1.17. The van der Waals surface area contributed by atoms with Gasteiger partial charge in [0, 0.05) is 24.9 Å². The Labute approximate surface area is 268 Å². The van der Waals surface area contributed by atoms with E-state index in [1.165, 1.54) is 12.1 Å². The van der Waals surface area contributed by atoms with Crippen molar-refractivity contribution in [1.82, 2.24) is 4.90 Å². The summed E-state index contributed by atoms with van der Waals surface area (Å²) in [6.07, 6.45) is -6.80. The van der Waals surface area contributed by atoms with Gasteiger partial charge in [-0.2, -0.15) is 0 Å². The first-order valence-electron chi connectivity index (χ1n) is 14.8. The molecule has 7 atom stereocenters. The molecule has 16 heteroatoms. The molecule has 1 fully saturated rings. The number of rotatable bonds is 11. The molecule has 0 unspecified atom stereocenters. The van der Waals surface area contributed by atoms with Crippen LogP contribution in [0.1, 0.15) is 57.6 Å². The van der Waals surface area contributed by atoms with Crippen LogP contribution in [0.25, 0.3) is 0 Å². The molecule has 0 bridgehead atoms. The zero-order chi connectivity index (χ0) is 35.0. The molecule has 2 aliphatic heterocycles. The second kappa shape index (κ2) is 13.2. The highest BCUT2D eigenvalue weighted by Gasteiger charge is 2.69. The number of hydrogen-bond donors (Lipinski definition) is 4. The smallest absolute Gasteiger partial charge is 0.348 e. The number of aryl methyl sites for hydroxylation is 1. The molecule has 256 valence electrons. The third-order valence-corrected chi connectivity index (χ3v) is 9.00. The Bertz CT molecular complexity index is 1520. The summed E-state index contributed by atoms with van der Waals surface area (Å²) >= 11 is 0. The fourth-order valence-corrected chi connectivity index (χ4v) is 6.58. The molecular formula is C31H37NO15. The van der Waals surface area contributed by atoms with Crippen molar-refractivity contribution in [3.05, 3.63) is 35.1 Å². The van der Waals surface area contributed by atoms with E-state index < -0.39 is 84.1 Å². The maximum atomic E-state index is 13.2. The predicted octanol–water partition coefficient (Wildman–Crippen LogP) is 0.710. The second-order valence-electron chi connectivity index (χ2n) is 11.9. The van der Waals surface area contributed by atoms with Crippen LogP contribution in [0.4, 0.5) is 0 Å². The first kappa shape index (κ1) is 35.2. The van der Waals surface area contributed by atoms with E-state index in [0.717, 1.165) is 19.4 Å². The molecule has 1 saturated heterocycles. The minimum atomic E-state index is -2.06. The monoisotopic (exact) mass is 663 g/mol. The number of likely N-dealkylation sites (tertiary alicyclic amines) is 1. The van der Waals surface area contributed by atoms with Crippen molar-refractivity contribution in [2.45, 2.75) is 94.9 Å². The molecule has 2 heterocycles. The lowest BCUT2D eigenvalue weighted by Crippen LogP contribution is -2.71. The van der Waals surface area contributed by atoms with E-state index in [1.54, 1.807) is 6.07 Å². The number of carboxylic acid groups (broad SMARTS) is 2. The summed E-state index contributed by atoms with van der Waals surface area (Å²) in [5, 5.41) is 40.9. The number of nitrogens with zero attached hydrogens (tertiary/aromatic N) is 1. The standard InChI is InChI=1S/C31H37NO15/c1-14-6-7-18(34)25-24(14)30-10-11-32(5)16(3)31(30,42)9-8-19(26(30)47-25)45-23(37)13-21(44-17(4)33)29(41)43-15(2)28(40)46-20(27(38)39)12-22(35)36/h6-8,15-16,20-21,26,34,42H,9-13H2,1-5H3,(H,35,36)(H,38,39)/t15-,16+,20+,21-,26-,30-,31+/m0/s1. The SMILES string of the molecule is CC(=O)O[C@@H](CC(=O)OC1=CC[C@@]2(O)[C@@H](C)N(C)CC[C@@]23c2c(C)ccc(O)c2O[C@@H]13)C(=O)O[C@@H](C)C(=O)O[C@H](CC(=O)O)C(=O)O. The maximum absolute atomic E-state index is 13.2. The molecule has 0 aromatic heterocycles. The van der Waals surface area contributed by atoms with Crippen molar-refractivity contribution in [3.8, 4) is 11.5 Å². The predicted molar refractivity (Wildman–Crippen MR) is 155 cm³/mol. The van der Waals surface area contributed by atoms with E-state index in [2.05, 4.69) is 4.74 Å². The van der Waals surface area contributed by atoms with Gasteiger partial charge in [0.25, 0.3) is 0 Å². The quantitative estimate of drug-likeness (QED) is 0.189. The highest BCUT2D eigenvalue weighted by molar-refractivity contribution is 5.88. The number of phenolic OH excluding ortho intramolecular Hbond substituents is 1. The van der Waals surface area contributed by atoms with E-state index in [-0.39, 0.29) is 29.7 Å². The van der Waals surface area contributed by atoms with Gasteiger partial charge < -0.3 is 49.0 Å². The van der Waals surface area contributed by atoms with Crippen LogP contribution in [-0.2, 0) is 53.1 Å². The first-order chi connectivity index (χ1) is 21.9. The minimum Gasteiger partial charge on any atom is -0.504 e. The van der Waals surface area contributed by atoms with Crippen LogP contribution in [0.3, 0.4) is 0 Å². The summed E-state index contributed by atoms with van der Waals surface area (Å²) in [6.45, 7) is 6.21. The number of benzene rings is 1. The summed E-state index contributed by atoms with van der Waals surface area (Å²) < 4.78 is 26.4. The number of aromatic hydroxyl groups is 1. The topological polar surface area (TPSA) is 233 Å². The molecular weight excluding hydrogens is 626 g/mol. The number of fused-ring (bicyclic) bond motifs is 1. The van der Waals surface area contributed by atoms with Crippen LogP contribution in [-0.4, -0.2) is 111 Å². The average Bonchev–Trinajstić information content (AvgIpc) is 3.35. The van der Waals surface area contributed by atoms with E-state index in [1.807, 2.05) is 25.8 Å². The number of phenols is 1. The molecule has 4 N–H and O–H groups in total. The number of carboxylic acids is 2. The van der Waals surface area contributed by atoms with Gasteiger partial charge in [0.2, 0.25) is 12.2 Å². The number of esters is 4. The normalized spacial score (nSPS) is 26.5. The Kier molecular flexibility index (Phi) is 9.87. The molecule has 1 spiro atoms. The third-order valence-electron chi connectivity index (χ3n) is 9.00. The van der Waals surface area contributed by atoms with E-state index in [9.17, 15) is 39.0 Å². The van der Waals surface area contributed by atoms with Gasteiger partial charge >= 0.3 is 35.8 Å². The maximum Gasteiger partial charge on any atom is 0.348 e. The van der Waals surface area contributed by atoms with Crippen molar-refractivity contribution in [2.75, 3.05) is 13.6 Å². The van der Waals surface area contributed by atoms with E-state index in [4.69, 9.17) is 29.2 Å². The molecule has 0 saturated carbocycles. The molecule has 4 rings (SSSR count). The summed E-state index contributed by atoms with van der Waals surface area (Å²) in [5.74, 6) is -8.11. The number of ether oxygens (including phenoxy) is 5. The molecule has 16 nitrogen and oxygen atoms in total. The molecule has 1 aromatic carbocycles. The fraction of sp³-hybridized carbons (Fsp3) is 0.548. The molecule has 47 heavy (non-hydrogen) atoms. The largest absolute Gasteiger partial charge is 0.504 e. The zero-order valence-corrected chi connectivity index (χ0v) is 26.4. The Morgan fingerprint density at radius 3 is 2.34 bits per heavy atom. The number of carbonyl (C=O) groups is 6. The summed E-state index contributed by atoms with van der Waals surface area (Å²) in [4.78, 5) is 74.3. The fourth-order valence-electron chi connectivity index (χ4n) is 6.58. The number of piperidine rings is 1. The van der Waals surface area contributed by atoms with Crippen LogP contribution in [0.15, 0.2) is 24.0 Å². The van der Waals surface area contributed by atoms with Gasteiger partial charge in [-0.05, 0) is 58.5 Å². The number of hydrogen-bond acceptors (Lipinski definition) is 14. The van der Waals surface area contributed by atoms with Gasteiger partial charge in [0.15, 0.2) is 23.7 Å². The molecule has 1 aliphatic carbocycles. The van der Waals surface area contributed by atoms with Crippen molar-refractivity contribution >= 4 is 35.8 Å². The first-order valence-corrected chi connectivity index (χ1v) is 14.8. The van der Waals surface area contributed by atoms with Gasteiger partial charge in [-0.25, -0.2) is 14.4 Å². The molecule has 3 aliphatic rings. The van der Waals surface area contributed by atoms with Gasteiger partial charge in [0.05, 0.1) is 23.9 Å². The third kappa shape index (κ3) is 6.47. The minimum absolute atomic E-state index is 0.0106. The highest BCUT2D eigenvalue weighted by atomic mass is 16.6. The number of likely N-dealkylation sites (N-methyl/N-ethyl adjacent to an activating group) is 1. The van der Waals surface area contributed by atoms with E-state index in [0.29, 0.717) is 18.5 Å². The molecule has 0 amide bonds. The molecule has 0 radical (unpaired) electrons. The lowest BCUT2D eigenvalue weighted by Gasteiger charge is -2.58. The van der Waals surface area contributed by atoms with Gasteiger partial charge in [-0.15, -0.1) is 0 Å². The Morgan fingerprint density at radius 1 is 1.04 bits per heavy atom. The van der Waals surface area contributed by atoms with Crippen LogP contribution in [0, 0.1) is 6.92 Å². The van der Waals surface area contributed by atoms with Crippen molar-refractivity contribution in [1.29, 1.82) is 0 Å². The van der Waals surface area contributed by atoms with E-state index >= 15 is 0 Å². The van der Waals surface area contributed by atoms with Crippen LogP contribution < -0.4 is 4.74 Å². The highest BCUT2D eigenvalue weighted by Crippen LogP contribution is 2.62. The number of aliphatic hydroxyl groups is 1. The van der Waals surface area contributed by atoms with Crippen molar-refractivity contribution < 1.29 is 72.9 Å². The van der Waals surface area contributed by atoms with Gasteiger partial charge in [-0.3, -0.25) is 14.4 Å². The second-order valence-corrected chi connectivity index (χ2v) is 11.9. The summed E-state index contributed by atoms with van der Waals surface area (Å²) in [7, 11) is 1.88. The number of carbonyl (C=O) groups excluding carboxylic acids is 4. The average molecular weight is 664 g/mol. The summed E-state index contributed by atoms with van der Waals surface area (Å²) in [6, 6.07) is 2.81. The van der Waals surface area contributed by atoms with Crippen LogP contribution >= 0.6 is 0 Å². The van der Waals surface area contributed by atoms with Gasteiger partial charge in [0.1, 0.15) is 5.76 Å². The van der Waals surface area contributed by atoms with Crippen molar-refractivity contribution in [2.24, 2.45) is 0 Å². The van der Waals surface area contributed by atoms with Crippen molar-refractivity contribution in [3.63, 3.8) is 0 Å². The Hall–Kier alpha value is -4.70. The van der Waals surface area contributed by atoms with Crippen LogP contribution in [0.5, 0.6) is 11.5 Å². The Morgan fingerprint density at radius 2 is 1.72 bits per heavy atom. The lowest BCUT2D eigenvalue weighted by molar-refractivity contribution is -0.184. The number of aliphatic carboxylic acids is 2. The Balaban J connectivity index is 1.54. The molecule has 1 aromatic rings. The lowest BCUT2D eigenvalue weighted by atomic mass is 9.54. The van der Waals surface area contributed by atoms with Crippen LogP contribution in [0.2, 0.25) is 0 Å². The van der Waals surface area contributed by atoms with Gasteiger partial charge in [-0.1, -0.05) is 6.07 Å². The zero-order valence-electron chi connectivity index (χ0n) is 26.4.